The molecule has 8 N–H and O–H groups in total. The Labute approximate surface area is 270 Å². The number of phenols is 1. The average Bonchev–Trinajstić information content (AvgIpc) is 2.94. The van der Waals surface area contributed by atoms with Crippen molar-refractivity contribution in [3.8, 4) is 5.75 Å². The van der Waals surface area contributed by atoms with Crippen LogP contribution >= 0.6 is 0 Å². The standard InChI is InChI=1S/C29H38N4O9.H2O4S/c1-6-8-9-32(13(3)7-2)17-12-18(33(41)42)23(34)20-15(17)10-14-11-16-22(31(4)5)25(36)21(28(30)39)27(38)29(16,40)26(37)19(14)24(20)35;1-5(2,3)4/h12-14,16,22,34-35,38,40H,6-11H2,1-5H3,(H2,30,39);(H2,1,2,3,4)/t13?,14?,16?,22-,29-;/m0./s1. The lowest BCUT2D eigenvalue weighted by Crippen LogP contribution is -2.65. The number of aliphatic hydroxyl groups excluding tert-OH is 2. The number of amides is 1. The molecule has 1 saturated carbocycles. The van der Waals surface area contributed by atoms with Gasteiger partial charge in [0, 0.05) is 35.8 Å². The van der Waals surface area contributed by atoms with Crippen molar-refractivity contribution in [1.82, 2.24) is 4.90 Å². The van der Waals surface area contributed by atoms with E-state index in [1.54, 1.807) is 0 Å². The number of benzene rings is 1. The number of hydrogen-bond donors (Lipinski definition) is 7. The molecule has 1 amide bonds. The number of nitrogens with two attached hydrogens (primary N) is 1. The van der Waals surface area contributed by atoms with E-state index in [9.17, 15) is 44.9 Å². The van der Waals surface area contributed by atoms with Crippen LogP contribution in [0.1, 0.15) is 57.6 Å². The third-order valence-corrected chi connectivity index (χ3v) is 9.06. The summed E-state index contributed by atoms with van der Waals surface area (Å²) in [7, 11) is -1.61. The molecule has 260 valence electrons. The molecule has 17 nitrogen and oxygen atoms in total. The van der Waals surface area contributed by atoms with Gasteiger partial charge >= 0.3 is 16.1 Å². The summed E-state index contributed by atoms with van der Waals surface area (Å²) in [5.41, 5.74) is 1.21. The summed E-state index contributed by atoms with van der Waals surface area (Å²) < 4.78 is 31.6. The van der Waals surface area contributed by atoms with Gasteiger partial charge < -0.3 is 31.1 Å². The molecule has 1 fully saturated rings. The molecule has 0 radical (unpaired) electrons. The van der Waals surface area contributed by atoms with Crippen LogP contribution in [0.15, 0.2) is 23.0 Å². The maximum atomic E-state index is 14.1. The fraction of sp³-hybridized carbons (Fsp3) is 0.552. The Morgan fingerprint density at radius 3 is 2.23 bits per heavy atom. The number of Topliss-reactive ketones (excluding diaryl/α,β-unsaturated/α-hetero) is 2. The highest BCUT2D eigenvalue weighted by Crippen LogP contribution is 2.55. The minimum absolute atomic E-state index is 0.0501. The van der Waals surface area contributed by atoms with E-state index in [1.165, 1.54) is 25.1 Å². The van der Waals surface area contributed by atoms with E-state index in [0.29, 0.717) is 24.2 Å². The topological polar surface area (TPSA) is 282 Å². The Balaban J connectivity index is 0.00000111. The summed E-state index contributed by atoms with van der Waals surface area (Å²) in [5, 5.41) is 57.4. The van der Waals surface area contributed by atoms with Crippen molar-refractivity contribution in [3.63, 3.8) is 0 Å². The van der Waals surface area contributed by atoms with Gasteiger partial charge in [0.25, 0.3) is 5.91 Å². The quantitative estimate of drug-likeness (QED) is 0.0842. The number of carbonyl (C=O) groups excluding carboxylic acids is 3. The number of aliphatic hydroxyl groups is 3. The zero-order valence-electron chi connectivity index (χ0n) is 26.5. The van der Waals surface area contributed by atoms with Gasteiger partial charge in [-0.25, -0.2) is 0 Å². The molecule has 3 aliphatic rings. The first-order chi connectivity index (χ1) is 21.6. The van der Waals surface area contributed by atoms with Crippen LogP contribution in [-0.4, -0.2) is 104 Å². The van der Waals surface area contributed by atoms with Crippen molar-refractivity contribution in [1.29, 1.82) is 0 Å². The molecular weight excluding hydrogens is 644 g/mol. The molecule has 0 aromatic heterocycles. The Bertz CT molecular complexity index is 1660. The maximum Gasteiger partial charge on any atom is 0.394 e. The lowest BCUT2D eigenvalue weighted by atomic mass is 9.57. The smallest absolute Gasteiger partial charge is 0.394 e. The first-order valence-electron chi connectivity index (χ1n) is 14.8. The minimum Gasteiger partial charge on any atom is -0.508 e. The number of phenolic OH excluding ortho intramolecular Hbond substituents is 1. The molecule has 3 unspecified atom stereocenters. The van der Waals surface area contributed by atoms with Crippen molar-refractivity contribution in [2.45, 2.75) is 70.6 Å². The number of rotatable bonds is 9. The summed E-state index contributed by atoms with van der Waals surface area (Å²) in [5.74, 6) is -8.09. The van der Waals surface area contributed by atoms with Crippen LogP contribution < -0.4 is 10.6 Å². The second-order valence-corrected chi connectivity index (χ2v) is 13.0. The van der Waals surface area contributed by atoms with Gasteiger partial charge in [-0.15, -0.1) is 0 Å². The van der Waals surface area contributed by atoms with E-state index in [4.69, 9.17) is 23.3 Å². The van der Waals surface area contributed by atoms with Crippen molar-refractivity contribution in [2.24, 2.45) is 17.6 Å². The van der Waals surface area contributed by atoms with Crippen molar-refractivity contribution in [3.05, 3.63) is 44.2 Å². The molecule has 0 saturated heterocycles. The number of fused-ring (bicyclic) bond motifs is 3. The Hall–Kier alpha value is -4.10. The number of nitro benzene ring substituents is 1. The molecule has 1 aromatic rings. The fourth-order valence-corrected chi connectivity index (χ4v) is 6.80. The molecule has 1 aromatic carbocycles. The number of anilines is 1. The molecule has 0 spiro atoms. The first kappa shape index (κ1) is 37.4. The number of aromatic hydroxyl groups is 1. The minimum atomic E-state index is -4.67. The number of primary amides is 1. The van der Waals surface area contributed by atoms with Gasteiger partial charge in [-0.05, 0) is 58.2 Å². The second-order valence-electron chi connectivity index (χ2n) is 12.1. The average molecular weight is 685 g/mol. The highest BCUT2D eigenvalue weighted by Gasteiger charge is 2.64. The van der Waals surface area contributed by atoms with E-state index >= 15 is 0 Å². The summed E-state index contributed by atoms with van der Waals surface area (Å²) in [4.78, 5) is 54.2. The first-order valence-corrected chi connectivity index (χ1v) is 16.2. The van der Waals surface area contributed by atoms with E-state index in [2.05, 4.69) is 0 Å². The monoisotopic (exact) mass is 684 g/mol. The van der Waals surface area contributed by atoms with Gasteiger partial charge in [0.1, 0.15) is 17.1 Å². The van der Waals surface area contributed by atoms with Crippen LogP contribution in [0.2, 0.25) is 0 Å². The highest BCUT2D eigenvalue weighted by molar-refractivity contribution is 7.79. The number of carbonyl (C=O) groups is 3. The largest absolute Gasteiger partial charge is 0.508 e. The van der Waals surface area contributed by atoms with Gasteiger partial charge in [0.05, 0.1) is 16.5 Å². The molecule has 0 heterocycles. The number of nitrogens with zero attached hydrogens (tertiary/aromatic N) is 3. The third-order valence-electron chi connectivity index (χ3n) is 9.06. The predicted molar refractivity (Wildman–Crippen MR) is 167 cm³/mol. The zero-order valence-corrected chi connectivity index (χ0v) is 27.3. The fourth-order valence-electron chi connectivity index (χ4n) is 6.80. The predicted octanol–water partition coefficient (Wildman–Crippen LogP) is 1.62. The van der Waals surface area contributed by atoms with Crippen LogP contribution in [0, 0.1) is 22.0 Å². The van der Waals surface area contributed by atoms with E-state index in [0.717, 1.165) is 12.8 Å². The van der Waals surface area contributed by atoms with Crippen LogP contribution in [0.3, 0.4) is 0 Å². The molecule has 4 rings (SSSR count). The molecular formula is C29H40N4O13S. The van der Waals surface area contributed by atoms with Crippen molar-refractivity contribution in [2.75, 3.05) is 25.5 Å². The van der Waals surface area contributed by atoms with E-state index < -0.39 is 84.8 Å². The zero-order chi connectivity index (χ0) is 35.9. The molecule has 5 atom stereocenters. The normalized spacial score (nSPS) is 24.6. The van der Waals surface area contributed by atoms with Crippen molar-refractivity contribution < 1.29 is 57.3 Å². The summed E-state index contributed by atoms with van der Waals surface area (Å²) >= 11 is 0. The number of nitro groups is 1. The van der Waals surface area contributed by atoms with Crippen LogP contribution in [0.4, 0.5) is 11.4 Å². The second kappa shape index (κ2) is 13.6. The molecule has 18 heteroatoms. The van der Waals surface area contributed by atoms with E-state index in [1.807, 2.05) is 25.7 Å². The van der Waals surface area contributed by atoms with Gasteiger partial charge in [0.15, 0.2) is 11.4 Å². The Morgan fingerprint density at radius 1 is 1.19 bits per heavy atom. The van der Waals surface area contributed by atoms with Gasteiger partial charge in [-0.2, -0.15) is 8.42 Å². The number of hydrogen-bond acceptors (Lipinski definition) is 13. The summed E-state index contributed by atoms with van der Waals surface area (Å²) in [6.45, 7) is 6.51. The van der Waals surface area contributed by atoms with Crippen LogP contribution in [0.25, 0.3) is 5.76 Å². The number of unbranched alkanes of at least 4 members (excludes halogenated alkanes) is 1. The lowest BCUT2D eigenvalue weighted by Gasteiger charge is -2.50. The molecule has 0 aliphatic heterocycles. The molecule has 47 heavy (non-hydrogen) atoms. The Kier molecular flexibility index (Phi) is 10.8. The lowest BCUT2D eigenvalue weighted by molar-refractivity contribution is -0.385. The molecule has 0 bridgehead atoms. The summed E-state index contributed by atoms with van der Waals surface area (Å²) in [6, 6.07) is 0.0301. The number of likely N-dealkylation sites (N-methyl/N-ethyl adjacent to an activating group) is 1. The SMILES string of the molecule is CCCCN(c1cc([N+](=O)[O-])c(O)c2c1CC1CC3[C@H](N(C)C)C(=O)C(C(N)=O)=C(O)[C@@]3(O)C(=O)C1=C2O)C(C)CC.O=S(=O)(O)O. The maximum absolute atomic E-state index is 14.1. The van der Waals surface area contributed by atoms with Crippen LogP contribution in [-0.2, 0) is 31.2 Å². The van der Waals surface area contributed by atoms with E-state index in [-0.39, 0.29) is 30.0 Å². The summed E-state index contributed by atoms with van der Waals surface area (Å²) in [6.07, 6.45) is 2.32. The van der Waals surface area contributed by atoms with Gasteiger partial charge in [-0.1, -0.05) is 20.3 Å². The van der Waals surface area contributed by atoms with Crippen LogP contribution in [0.5, 0.6) is 5.75 Å². The third kappa shape index (κ3) is 6.68. The van der Waals surface area contributed by atoms with Gasteiger partial charge in [-0.3, -0.25) is 38.5 Å². The Morgan fingerprint density at radius 2 is 1.77 bits per heavy atom. The van der Waals surface area contributed by atoms with Crippen molar-refractivity contribution >= 4 is 45.0 Å². The van der Waals surface area contributed by atoms with Gasteiger partial charge in [0.2, 0.25) is 11.5 Å². The highest BCUT2D eigenvalue weighted by atomic mass is 32.3. The number of ketones is 2. The molecule has 3 aliphatic carbocycles.